The molecule has 4 nitrogen and oxygen atoms in total. The fraction of sp³-hybridized carbons (Fsp3) is 0.571. The highest BCUT2D eigenvalue weighted by Crippen LogP contribution is 2.34. The van der Waals surface area contributed by atoms with Gasteiger partial charge in [0, 0.05) is 31.4 Å². The minimum absolute atomic E-state index is 0.0296. The van der Waals surface area contributed by atoms with Crippen LogP contribution in [0.15, 0.2) is 12.1 Å². The lowest BCUT2D eigenvalue weighted by molar-refractivity contribution is -0.183. The van der Waals surface area contributed by atoms with Crippen molar-refractivity contribution in [3.8, 4) is 0 Å². The predicted molar refractivity (Wildman–Crippen MR) is 73.2 cm³/mol. The molecule has 0 bridgehead atoms. The molecular weight excluding hydrogens is 283 g/mol. The van der Waals surface area contributed by atoms with Gasteiger partial charge in [0.1, 0.15) is 5.82 Å². The normalized spacial score (nSPS) is 16.9. The average molecular weight is 301 g/mol. The molecule has 0 radical (unpaired) electrons. The van der Waals surface area contributed by atoms with E-state index < -0.39 is 12.1 Å². The van der Waals surface area contributed by atoms with E-state index in [2.05, 4.69) is 10.3 Å². The monoisotopic (exact) mass is 301 g/mol. The zero-order valence-corrected chi connectivity index (χ0v) is 12.0. The molecule has 1 fully saturated rings. The Bertz CT molecular complexity index is 523. The molecule has 7 heteroatoms. The Hall–Kier alpha value is -1.79. The summed E-state index contributed by atoms with van der Waals surface area (Å²) in [6.45, 7) is 2.05. The summed E-state index contributed by atoms with van der Waals surface area (Å²) in [5, 5.41) is 2.86. The molecule has 0 aliphatic carbocycles. The van der Waals surface area contributed by atoms with Gasteiger partial charge >= 0.3 is 6.18 Å². The van der Waals surface area contributed by atoms with E-state index in [0.717, 1.165) is 0 Å². The van der Waals surface area contributed by atoms with Crippen LogP contribution in [-0.4, -0.2) is 42.1 Å². The predicted octanol–water partition coefficient (Wildman–Crippen LogP) is 2.85. The lowest BCUT2D eigenvalue weighted by atomic mass is 9.96. The number of anilines is 1. The molecule has 21 heavy (non-hydrogen) atoms. The van der Waals surface area contributed by atoms with E-state index in [9.17, 15) is 18.0 Å². The number of alkyl halides is 3. The molecule has 2 rings (SSSR count). The Balaban J connectivity index is 2.07. The summed E-state index contributed by atoms with van der Waals surface area (Å²) in [4.78, 5) is 18.0. The molecule has 1 aliphatic rings. The molecule has 0 saturated carbocycles. The van der Waals surface area contributed by atoms with Crippen molar-refractivity contribution in [1.29, 1.82) is 0 Å². The second-order valence-electron chi connectivity index (χ2n) is 5.24. The Morgan fingerprint density at radius 1 is 1.33 bits per heavy atom. The van der Waals surface area contributed by atoms with Crippen LogP contribution in [0.25, 0.3) is 0 Å². The molecule has 1 N–H and O–H groups in total. The summed E-state index contributed by atoms with van der Waals surface area (Å²) >= 11 is 0. The first kappa shape index (κ1) is 15.6. The number of amides is 1. The number of likely N-dealkylation sites (tertiary alicyclic amines) is 1. The molecule has 1 aliphatic heterocycles. The SMILES string of the molecule is CNc1cc(C(=O)N2CCC(C(F)(F)F)CC2)cc(C)n1. The number of hydrogen-bond donors (Lipinski definition) is 1. The number of nitrogens with zero attached hydrogens (tertiary/aromatic N) is 2. The van der Waals surface area contributed by atoms with E-state index in [4.69, 9.17) is 0 Å². The van der Waals surface area contributed by atoms with Gasteiger partial charge in [-0.15, -0.1) is 0 Å². The number of rotatable bonds is 2. The average Bonchev–Trinajstić information content (AvgIpc) is 2.45. The van der Waals surface area contributed by atoms with Gasteiger partial charge in [0.15, 0.2) is 0 Å². The van der Waals surface area contributed by atoms with Crippen LogP contribution >= 0.6 is 0 Å². The van der Waals surface area contributed by atoms with E-state index in [1.54, 1.807) is 26.1 Å². The summed E-state index contributed by atoms with van der Waals surface area (Å²) < 4.78 is 37.9. The van der Waals surface area contributed by atoms with E-state index >= 15 is 0 Å². The van der Waals surface area contributed by atoms with Crippen molar-refractivity contribution in [1.82, 2.24) is 9.88 Å². The quantitative estimate of drug-likeness (QED) is 0.913. The van der Waals surface area contributed by atoms with Gasteiger partial charge in [-0.2, -0.15) is 13.2 Å². The Labute approximate surface area is 121 Å². The van der Waals surface area contributed by atoms with Crippen LogP contribution in [0.5, 0.6) is 0 Å². The largest absolute Gasteiger partial charge is 0.391 e. The maximum atomic E-state index is 12.6. The van der Waals surface area contributed by atoms with Crippen LogP contribution < -0.4 is 5.32 Å². The number of aromatic nitrogens is 1. The van der Waals surface area contributed by atoms with Gasteiger partial charge in [-0.25, -0.2) is 4.98 Å². The maximum absolute atomic E-state index is 12.6. The smallest absolute Gasteiger partial charge is 0.373 e. The van der Waals surface area contributed by atoms with Gasteiger partial charge in [0.2, 0.25) is 0 Å². The molecule has 116 valence electrons. The first-order chi connectivity index (χ1) is 9.81. The molecule has 0 spiro atoms. The fourth-order valence-electron chi connectivity index (χ4n) is 2.51. The van der Waals surface area contributed by atoms with Gasteiger partial charge in [-0.05, 0) is 31.9 Å². The van der Waals surface area contributed by atoms with E-state index in [-0.39, 0.29) is 31.8 Å². The minimum atomic E-state index is -4.16. The van der Waals surface area contributed by atoms with Crippen molar-refractivity contribution in [3.63, 3.8) is 0 Å². The molecule has 1 aromatic rings. The van der Waals surface area contributed by atoms with Crippen LogP contribution in [0.1, 0.15) is 28.9 Å². The van der Waals surface area contributed by atoms with E-state index in [1.807, 2.05) is 0 Å². The molecule has 1 aromatic heterocycles. The number of carbonyl (C=O) groups excluding carboxylic acids is 1. The number of piperidine rings is 1. The summed E-state index contributed by atoms with van der Waals surface area (Å²) in [6.07, 6.45) is -4.22. The number of hydrogen-bond acceptors (Lipinski definition) is 3. The Morgan fingerprint density at radius 2 is 1.95 bits per heavy atom. The first-order valence-corrected chi connectivity index (χ1v) is 6.83. The molecule has 1 saturated heterocycles. The van der Waals surface area contributed by atoms with Crippen molar-refractivity contribution < 1.29 is 18.0 Å². The number of halogens is 3. The van der Waals surface area contributed by atoms with Crippen LogP contribution in [0.2, 0.25) is 0 Å². The summed E-state index contributed by atoms with van der Waals surface area (Å²) in [5.74, 6) is -0.963. The zero-order valence-electron chi connectivity index (χ0n) is 12.0. The van der Waals surface area contributed by atoms with E-state index in [0.29, 0.717) is 17.1 Å². The summed E-state index contributed by atoms with van der Waals surface area (Å²) in [7, 11) is 1.70. The highest BCUT2D eigenvalue weighted by molar-refractivity contribution is 5.95. The van der Waals surface area contributed by atoms with Crippen molar-refractivity contribution in [2.45, 2.75) is 25.9 Å². The standard InChI is InChI=1S/C14H18F3N3O/c1-9-7-10(8-12(18-2)19-9)13(21)20-5-3-11(4-6-20)14(15,16)17/h7-8,11H,3-6H2,1-2H3,(H,18,19). The third-order valence-corrected chi connectivity index (χ3v) is 3.70. The van der Waals surface area contributed by atoms with Crippen molar-refractivity contribution in [2.24, 2.45) is 5.92 Å². The number of aryl methyl sites for hydroxylation is 1. The molecule has 0 aromatic carbocycles. The minimum Gasteiger partial charge on any atom is -0.373 e. The van der Waals surface area contributed by atoms with E-state index in [1.165, 1.54) is 4.90 Å². The van der Waals surface area contributed by atoms with Crippen LogP contribution in [0.3, 0.4) is 0 Å². The number of nitrogens with one attached hydrogen (secondary N) is 1. The van der Waals surface area contributed by atoms with Crippen LogP contribution in [0, 0.1) is 12.8 Å². The maximum Gasteiger partial charge on any atom is 0.391 e. The summed E-state index contributed by atoms with van der Waals surface area (Å²) in [5.41, 5.74) is 1.15. The number of pyridine rings is 1. The van der Waals surface area contributed by atoms with Crippen molar-refractivity contribution in [2.75, 3.05) is 25.5 Å². The van der Waals surface area contributed by atoms with Gasteiger partial charge in [0.25, 0.3) is 5.91 Å². The fourth-order valence-corrected chi connectivity index (χ4v) is 2.51. The molecular formula is C14H18F3N3O. The third kappa shape index (κ3) is 3.65. The van der Waals surface area contributed by atoms with Crippen LogP contribution in [-0.2, 0) is 0 Å². The Kier molecular flexibility index (Phi) is 4.39. The van der Waals surface area contributed by atoms with Gasteiger partial charge in [0.05, 0.1) is 5.92 Å². The molecule has 2 heterocycles. The van der Waals surface area contributed by atoms with Gasteiger partial charge in [-0.1, -0.05) is 0 Å². The summed E-state index contributed by atoms with van der Waals surface area (Å²) in [6, 6.07) is 3.27. The van der Waals surface area contributed by atoms with Crippen LogP contribution in [0.4, 0.5) is 19.0 Å². The highest BCUT2D eigenvalue weighted by atomic mass is 19.4. The number of carbonyl (C=O) groups is 1. The molecule has 0 unspecified atom stereocenters. The van der Waals surface area contributed by atoms with Crippen molar-refractivity contribution >= 4 is 11.7 Å². The lowest BCUT2D eigenvalue weighted by Crippen LogP contribution is -2.42. The molecule has 1 amide bonds. The first-order valence-electron chi connectivity index (χ1n) is 6.83. The lowest BCUT2D eigenvalue weighted by Gasteiger charge is -2.33. The zero-order chi connectivity index (χ0) is 15.6. The topological polar surface area (TPSA) is 45.2 Å². The second kappa shape index (κ2) is 5.91. The second-order valence-corrected chi connectivity index (χ2v) is 5.24. The highest BCUT2D eigenvalue weighted by Gasteiger charge is 2.41. The van der Waals surface area contributed by atoms with Gasteiger partial charge < -0.3 is 10.2 Å². The van der Waals surface area contributed by atoms with Crippen molar-refractivity contribution in [3.05, 3.63) is 23.4 Å². The third-order valence-electron chi connectivity index (χ3n) is 3.70. The Morgan fingerprint density at radius 3 is 2.48 bits per heavy atom. The molecule has 0 atom stereocenters. The van der Waals surface area contributed by atoms with Gasteiger partial charge in [-0.3, -0.25) is 4.79 Å².